The van der Waals surface area contributed by atoms with Gasteiger partial charge in [0.15, 0.2) is 0 Å². The summed E-state index contributed by atoms with van der Waals surface area (Å²) in [6.45, 7) is 4.57. The molecule has 5 heteroatoms. The first-order chi connectivity index (χ1) is 8.47. The Morgan fingerprint density at radius 2 is 1.89 bits per heavy atom. The van der Waals surface area contributed by atoms with Crippen LogP contribution >= 0.6 is 0 Å². The molecule has 0 radical (unpaired) electrons. The number of ether oxygens (including phenoxy) is 1. The maximum absolute atomic E-state index is 13.1. The van der Waals surface area contributed by atoms with Crippen molar-refractivity contribution >= 4 is 5.91 Å². The first kappa shape index (κ1) is 13.0. The Labute approximate surface area is 104 Å². The number of halogens is 2. The Kier molecular flexibility index (Phi) is 3.61. The SMILES string of the molecule is CC1CN(C(=O)c2cc(F)cc(F)c2)C(C)CO1. The van der Waals surface area contributed by atoms with Crippen LogP contribution < -0.4 is 0 Å². The highest BCUT2D eigenvalue weighted by Gasteiger charge is 2.28. The third kappa shape index (κ3) is 2.67. The summed E-state index contributed by atoms with van der Waals surface area (Å²) in [5, 5.41) is 0. The molecule has 0 saturated carbocycles. The Bertz CT molecular complexity index is 444. The Balaban J connectivity index is 2.24. The number of amides is 1. The van der Waals surface area contributed by atoms with E-state index in [-0.39, 0.29) is 23.6 Å². The predicted molar refractivity (Wildman–Crippen MR) is 62.3 cm³/mol. The van der Waals surface area contributed by atoms with Crippen LogP contribution in [0.3, 0.4) is 0 Å². The Hall–Kier alpha value is -1.49. The summed E-state index contributed by atoms with van der Waals surface area (Å²) in [5.41, 5.74) is 0.0356. The number of carbonyl (C=O) groups is 1. The fraction of sp³-hybridized carbons (Fsp3) is 0.462. The maximum atomic E-state index is 13.1. The Morgan fingerprint density at radius 3 is 2.50 bits per heavy atom. The molecular formula is C13H15F2NO2. The first-order valence-electron chi connectivity index (χ1n) is 5.86. The molecule has 1 aliphatic rings. The summed E-state index contributed by atoms with van der Waals surface area (Å²) in [5.74, 6) is -1.85. The van der Waals surface area contributed by atoms with E-state index in [0.717, 1.165) is 18.2 Å². The molecule has 2 rings (SSSR count). The summed E-state index contributed by atoms with van der Waals surface area (Å²) in [4.78, 5) is 13.8. The highest BCUT2D eigenvalue weighted by molar-refractivity contribution is 5.94. The Morgan fingerprint density at radius 1 is 1.28 bits per heavy atom. The van der Waals surface area contributed by atoms with Crippen molar-refractivity contribution in [3.8, 4) is 0 Å². The molecule has 1 amide bonds. The molecule has 1 fully saturated rings. The standard InChI is InChI=1S/C13H15F2NO2/c1-8-7-18-9(2)6-16(8)13(17)10-3-11(14)5-12(15)4-10/h3-5,8-9H,6-7H2,1-2H3. The number of hydrogen-bond acceptors (Lipinski definition) is 2. The van der Waals surface area contributed by atoms with E-state index in [1.165, 1.54) is 0 Å². The normalized spacial score (nSPS) is 24.1. The summed E-state index contributed by atoms with van der Waals surface area (Å²) in [6.07, 6.45) is -0.0662. The number of morpholine rings is 1. The molecule has 2 atom stereocenters. The van der Waals surface area contributed by atoms with E-state index in [9.17, 15) is 13.6 Å². The van der Waals surface area contributed by atoms with E-state index in [2.05, 4.69) is 0 Å². The van der Waals surface area contributed by atoms with Crippen molar-refractivity contribution < 1.29 is 18.3 Å². The van der Waals surface area contributed by atoms with Gasteiger partial charge in [-0.25, -0.2) is 8.78 Å². The van der Waals surface area contributed by atoms with Crippen molar-refractivity contribution in [2.24, 2.45) is 0 Å². The van der Waals surface area contributed by atoms with Crippen LogP contribution in [0.4, 0.5) is 8.78 Å². The van der Waals surface area contributed by atoms with Crippen LogP contribution in [0.1, 0.15) is 24.2 Å². The monoisotopic (exact) mass is 255 g/mol. The number of rotatable bonds is 1. The molecule has 1 aromatic rings. The molecule has 0 aliphatic carbocycles. The van der Waals surface area contributed by atoms with E-state index in [1.54, 1.807) is 4.90 Å². The van der Waals surface area contributed by atoms with E-state index in [0.29, 0.717) is 13.2 Å². The minimum Gasteiger partial charge on any atom is -0.375 e. The summed E-state index contributed by atoms with van der Waals surface area (Å²) in [7, 11) is 0. The maximum Gasteiger partial charge on any atom is 0.254 e. The first-order valence-corrected chi connectivity index (χ1v) is 5.86. The van der Waals surface area contributed by atoms with Crippen molar-refractivity contribution in [3.63, 3.8) is 0 Å². The zero-order valence-corrected chi connectivity index (χ0v) is 10.3. The minimum absolute atomic E-state index is 0.0356. The van der Waals surface area contributed by atoms with Gasteiger partial charge in [0.1, 0.15) is 11.6 Å². The van der Waals surface area contributed by atoms with Crippen molar-refractivity contribution in [2.45, 2.75) is 26.0 Å². The third-order valence-corrected chi connectivity index (χ3v) is 2.98. The molecule has 0 N–H and O–H groups in total. The lowest BCUT2D eigenvalue weighted by Crippen LogP contribution is -2.50. The minimum atomic E-state index is -0.743. The molecule has 3 nitrogen and oxygen atoms in total. The highest BCUT2D eigenvalue weighted by Crippen LogP contribution is 2.17. The van der Waals surface area contributed by atoms with E-state index >= 15 is 0 Å². The van der Waals surface area contributed by atoms with Crippen LogP contribution in [0.5, 0.6) is 0 Å². The van der Waals surface area contributed by atoms with E-state index in [1.807, 2.05) is 13.8 Å². The van der Waals surface area contributed by atoms with Gasteiger partial charge in [0, 0.05) is 18.2 Å². The van der Waals surface area contributed by atoms with Gasteiger partial charge in [-0.2, -0.15) is 0 Å². The van der Waals surface area contributed by atoms with Gasteiger partial charge in [-0.1, -0.05) is 0 Å². The van der Waals surface area contributed by atoms with Gasteiger partial charge in [-0.05, 0) is 26.0 Å². The molecule has 2 unspecified atom stereocenters. The fourth-order valence-electron chi connectivity index (χ4n) is 2.03. The lowest BCUT2D eigenvalue weighted by atomic mass is 10.1. The van der Waals surface area contributed by atoms with Crippen LogP contribution in [0.25, 0.3) is 0 Å². The molecule has 98 valence electrons. The lowest BCUT2D eigenvalue weighted by Gasteiger charge is -2.36. The zero-order valence-electron chi connectivity index (χ0n) is 10.3. The number of benzene rings is 1. The molecule has 1 saturated heterocycles. The quantitative estimate of drug-likeness (QED) is 0.770. The second-order valence-electron chi connectivity index (χ2n) is 4.61. The van der Waals surface area contributed by atoms with Gasteiger partial charge in [0.05, 0.1) is 18.8 Å². The predicted octanol–water partition coefficient (Wildman–Crippen LogP) is 2.21. The van der Waals surface area contributed by atoms with Crippen molar-refractivity contribution in [2.75, 3.05) is 13.2 Å². The zero-order chi connectivity index (χ0) is 13.3. The molecule has 0 aromatic heterocycles. The average molecular weight is 255 g/mol. The van der Waals surface area contributed by atoms with Crippen molar-refractivity contribution in [1.82, 2.24) is 4.90 Å². The van der Waals surface area contributed by atoms with Crippen LogP contribution in [-0.2, 0) is 4.74 Å². The molecule has 1 heterocycles. The molecule has 0 spiro atoms. The van der Waals surface area contributed by atoms with E-state index < -0.39 is 11.6 Å². The van der Waals surface area contributed by atoms with Gasteiger partial charge in [0.25, 0.3) is 5.91 Å². The molecule has 1 aromatic carbocycles. The molecular weight excluding hydrogens is 240 g/mol. The second-order valence-corrected chi connectivity index (χ2v) is 4.61. The number of carbonyl (C=O) groups excluding carboxylic acids is 1. The molecule has 18 heavy (non-hydrogen) atoms. The van der Waals surface area contributed by atoms with Crippen LogP contribution in [-0.4, -0.2) is 36.1 Å². The average Bonchev–Trinajstić information content (AvgIpc) is 2.30. The van der Waals surface area contributed by atoms with Crippen molar-refractivity contribution in [3.05, 3.63) is 35.4 Å². The summed E-state index contributed by atoms with van der Waals surface area (Å²) >= 11 is 0. The molecule has 0 bridgehead atoms. The van der Waals surface area contributed by atoms with Crippen LogP contribution in [0, 0.1) is 11.6 Å². The van der Waals surface area contributed by atoms with Crippen LogP contribution in [0.15, 0.2) is 18.2 Å². The summed E-state index contributed by atoms with van der Waals surface area (Å²) in [6, 6.07) is 2.76. The lowest BCUT2D eigenvalue weighted by molar-refractivity contribution is -0.0387. The number of nitrogens with zero attached hydrogens (tertiary/aromatic N) is 1. The highest BCUT2D eigenvalue weighted by atomic mass is 19.1. The van der Waals surface area contributed by atoms with Gasteiger partial charge in [0.2, 0.25) is 0 Å². The number of hydrogen-bond donors (Lipinski definition) is 0. The second kappa shape index (κ2) is 5.02. The van der Waals surface area contributed by atoms with Gasteiger partial charge >= 0.3 is 0 Å². The van der Waals surface area contributed by atoms with E-state index in [4.69, 9.17) is 4.74 Å². The van der Waals surface area contributed by atoms with Gasteiger partial charge < -0.3 is 9.64 Å². The third-order valence-electron chi connectivity index (χ3n) is 2.98. The van der Waals surface area contributed by atoms with Gasteiger partial charge in [-0.15, -0.1) is 0 Å². The van der Waals surface area contributed by atoms with Crippen molar-refractivity contribution in [1.29, 1.82) is 0 Å². The molecule has 1 aliphatic heterocycles. The largest absolute Gasteiger partial charge is 0.375 e. The topological polar surface area (TPSA) is 29.5 Å². The fourth-order valence-corrected chi connectivity index (χ4v) is 2.03. The summed E-state index contributed by atoms with van der Waals surface area (Å²) < 4.78 is 31.6. The smallest absolute Gasteiger partial charge is 0.254 e. The van der Waals surface area contributed by atoms with Crippen LogP contribution in [0.2, 0.25) is 0 Å². The van der Waals surface area contributed by atoms with Gasteiger partial charge in [-0.3, -0.25) is 4.79 Å².